The molecule has 0 fully saturated rings. The standard InChI is InChI=1S/C26H20ClN3O5/c27-17-7-5-16(6-8-17)14-30-21-13-18(9-10-22(21)35-15-24(30)32)28-23(31)11-12-29-25(33)19-3-1-2-4-20(19)26(29)34/h1-10,13H,11-12,14-15H2,(H,28,31). The number of nitrogens with zero attached hydrogens (tertiary/aromatic N) is 2. The molecule has 176 valence electrons. The fourth-order valence-electron chi connectivity index (χ4n) is 4.10. The van der Waals surface area contributed by atoms with Crippen molar-refractivity contribution >= 4 is 46.6 Å². The van der Waals surface area contributed by atoms with Crippen LogP contribution in [0.4, 0.5) is 11.4 Å². The Balaban J connectivity index is 1.27. The minimum Gasteiger partial charge on any atom is -0.482 e. The Labute approximate surface area is 206 Å². The first-order chi connectivity index (χ1) is 16.9. The Morgan fingerprint density at radius 1 is 0.914 bits per heavy atom. The molecule has 5 rings (SSSR count). The molecule has 0 saturated heterocycles. The van der Waals surface area contributed by atoms with Crippen molar-refractivity contribution in [2.75, 3.05) is 23.4 Å². The van der Waals surface area contributed by atoms with Gasteiger partial charge in [0.25, 0.3) is 17.7 Å². The van der Waals surface area contributed by atoms with Crippen LogP contribution in [0.5, 0.6) is 5.75 Å². The maximum absolute atomic E-state index is 12.6. The number of carbonyl (C=O) groups excluding carboxylic acids is 4. The number of carbonyl (C=O) groups is 4. The fraction of sp³-hybridized carbons (Fsp3) is 0.154. The third-order valence-corrected chi connectivity index (χ3v) is 6.13. The average Bonchev–Trinajstić information content (AvgIpc) is 3.10. The van der Waals surface area contributed by atoms with Gasteiger partial charge in [0.2, 0.25) is 5.91 Å². The first kappa shape index (κ1) is 22.6. The van der Waals surface area contributed by atoms with E-state index in [0.717, 1.165) is 10.5 Å². The normalized spacial score (nSPS) is 14.5. The number of anilines is 2. The van der Waals surface area contributed by atoms with E-state index in [1.165, 1.54) is 0 Å². The zero-order valence-electron chi connectivity index (χ0n) is 18.5. The van der Waals surface area contributed by atoms with Crippen LogP contribution in [-0.2, 0) is 16.1 Å². The molecule has 0 aliphatic carbocycles. The van der Waals surface area contributed by atoms with Crippen molar-refractivity contribution in [3.05, 3.63) is 88.4 Å². The largest absolute Gasteiger partial charge is 0.482 e. The summed E-state index contributed by atoms with van der Waals surface area (Å²) >= 11 is 5.96. The number of nitrogens with one attached hydrogen (secondary N) is 1. The lowest BCUT2D eigenvalue weighted by molar-refractivity contribution is -0.121. The van der Waals surface area contributed by atoms with Crippen LogP contribution >= 0.6 is 11.6 Å². The second-order valence-electron chi connectivity index (χ2n) is 8.18. The molecule has 0 atom stereocenters. The van der Waals surface area contributed by atoms with Crippen molar-refractivity contribution in [3.63, 3.8) is 0 Å². The van der Waals surface area contributed by atoms with Crippen LogP contribution in [0.3, 0.4) is 0 Å². The third kappa shape index (κ3) is 4.48. The molecule has 2 heterocycles. The smallest absolute Gasteiger partial charge is 0.265 e. The van der Waals surface area contributed by atoms with E-state index in [1.54, 1.807) is 59.5 Å². The Kier molecular flexibility index (Phi) is 5.96. The van der Waals surface area contributed by atoms with E-state index in [9.17, 15) is 19.2 Å². The van der Waals surface area contributed by atoms with Crippen LogP contribution in [0, 0.1) is 0 Å². The molecule has 0 aromatic heterocycles. The molecule has 0 saturated carbocycles. The number of halogens is 1. The number of hydrogen-bond acceptors (Lipinski definition) is 5. The van der Waals surface area contributed by atoms with Crippen LogP contribution in [0.1, 0.15) is 32.7 Å². The molecule has 8 nitrogen and oxygen atoms in total. The molecular weight excluding hydrogens is 470 g/mol. The number of rotatable bonds is 6. The maximum atomic E-state index is 12.6. The van der Waals surface area contributed by atoms with Crippen LogP contribution in [0.2, 0.25) is 5.02 Å². The number of benzene rings is 3. The summed E-state index contributed by atoms with van der Waals surface area (Å²) in [5.41, 5.74) is 2.59. The van der Waals surface area contributed by atoms with Gasteiger partial charge in [0.15, 0.2) is 6.61 Å². The van der Waals surface area contributed by atoms with Crippen molar-refractivity contribution in [3.8, 4) is 5.75 Å². The highest BCUT2D eigenvalue weighted by Gasteiger charge is 2.35. The Bertz CT molecular complexity index is 1320. The Morgan fingerprint density at radius 3 is 2.29 bits per heavy atom. The van der Waals surface area contributed by atoms with Crippen LogP contribution < -0.4 is 15.0 Å². The van der Waals surface area contributed by atoms with Crippen LogP contribution in [0.15, 0.2) is 66.7 Å². The van der Waals surface area contributed by atoms with Gasteiger partial charge in [-0.2, -0.15) is 0 Å². The molecule has 3 aromatic carbocycles. The summed E-state index contributed by atoms with van der Waals surface area (Å²) in [6.07, 6.45) is -0.0630. The third-order valence-electron chi connectivity index (χ3n) is 5.88. The summed E-state index contributed by atoms with van der Waals surface area (Å²) < 4.78 is 5.55. The molecule has 1 N–H and O–H groups in total. The highest BCUT2D eigenvalue weighted by Crippen LogP contribution is 2.35. The first-order valence-electron chi connectivity index (χ1n) is 11.0. The summed E-state index contributed by atoms with van der Waals surface area (Å²) in [5, 5.41) is 3.38. The van der Waals surface area contributed by atoms with Crippen LogP contribution in [-0.4, -0.2) is 41.7 Å². The molecule has 9 heteroatoms. The molecule has 4 amide bonds. The van der Waals surface area contributed by atoms with E-state index < -0.39 is 11.8 Å². The second kappa shape index (κ2) is 9.23. The molecule has 3 aromatic rings. The molecule has 0 spiro atoms. The number of imide groups is 1. The minimum atomic E-state index is -0.402. The van der Waals surface area contributed by atoms with Crippen molar-refractivity contribution in [2.45, 2.75) is 13.0 Å². The van der Waals surface area contributed by atoms with Gasteiger partial charge in [-0.15, -0.1) is 0 Å². The summed E-state index contributed by atoms with van der Waals surface area (Å²) in [7, 11) is 0. The quantitative estimate of drug-likeness (QED) is 0.530. The van der Waals surface area contributed by atoms with Gasteiger partial charge in [-0.05, 0) is 48.0 Å². The summed E-state index contributed by atoms with van der Waals surface area (Å²) in [6, 6.07) is 18.8. The molecular formula is C26H20ClN3O5. The van der Waals surface area contributed by atoms with Gasteiger partial charge in [-0.3, -0.25) is 24.1 Å². The van der Waals surface area contributed by atoms with E-state index in [1.807, 2.05) is 12.1 Å². The maximum Gasteiger partial charge on any atom is 0.265 e. The summed E-state index contributed by atoms with van der Waals surface area (Å²) in [4.78, 5) is 52.8. The molecule has 2 aliphatic heterocycles. The number of fused-ring (bicyclic) bond motifs is 2. The molecule has 35 heavy (non-hydrogen) atoms. The van der Waals surface area contributed by atoms with Gasteiger partial charge >= 0.3 is 0 Å². The highest BCUT2D eigenvalue weighted by molar-refractivity contribution is 6.30. The lowest BCUT2D eigenvalue weighted by atomic mass is 10.1. The molecule has 2 aliphatic rings. The number of ether oxygens (including phenoxy) is 1. The average molecular weight is 490 g/mol. The van der Waals surface area contributed by atoms with Crippen molar-refractivity contribution in [2.24, 2.45) is 0 Å². The van der Waals surface area contributed by atoms with Gasteiger partial charge < -0.3 is 15.0 Å². The van der Waals surface area contributed by atoms with E-state index in [0.29, 0.717) is 39.8 Å². The van der Waals surface area contributed by atoms with E-state index in [2.05, 4.69) is 5.32 Å². The topological polar surface area (TPSA) is 96.0 Å². The monoisotopic (exact) mass is 489 g/mol. The van der Waals surface area contributed by atoms with Crippen molar-refractivity contribution < 1.29 is 23.9 Å². The Hall–Kier alpha value is -4.17. The molecule has 0 bridgehead atoms. The SMILES string of the molecule is O=C(CCN1C(=O)c2ccccc2C1=O)Nc1ccc2c(c1)N(Cc1ccc(Cl)cc1)C(=O)CO2. The number of hydrogen-bond donors (Lipinski definition) is 1. The van der Waals surface area contributed by atoms with Gasteiger partial charge in [0.05, 0.1) is 23.4 Å². The predicted molar refractivity (Wildman–Crippen MR) is 130 cm³/mol. The lowest BCUT2D eigenvalue weighted by Gasteiger charge is -2.30. The summed E-state index contributed by atoms with van der Waals surface area (Å²) in [5.74, 6) is -0.848. The molecule has 0 unspecified atom stereocenters. The van der Waals surface area contributed by atoms with Gasteiger partial charge in [-0.1, -0.05) is 35.9 Å². The summed E-state index contributed by atoms with van der Waals surface area (Å²) in [6.45, 7) is 0.212. The van der Waals surface area contributed by atoms with Crippen molar-refractivity contribution in [1.29, 1.82) is 0 Å². The first-order valence-corrected chi connectivity index (χ1v) is 11.4. The van der Waals surface area contributed by atoms with Crippen molar-refractivity contribution in [1.82, 2.24) is 4.90 Å². The fourth-order valence-corrected chi connectivity index (χ4v) is 4.23. The van der Waals surface area contributed by atoms with Gasteiger partial charge in [-0.25, -0.2) is 0 Å². The van der Waals surface area contributed by atoms with E-state index >= 15 is 0 Å². The van der Waals surface area contributed by atoms with Gasteiger partial charge in [0.1, 0.15) is 5.75 Å². The van der Waals surface area contributed by atoms with E-state index in [4.69, 9.17) is 16.3 Å². The lowest BCUT2D eigenvalue weighted by Crippen LogP contribution is -2.38. The minimum absolute atomic E-state index is 0.0343. The number of amides is 4. The van der Waals surface area contributed by atoms with Gasteiger partial charge in [0, 0.05) is 23.7 Å². The van der Waals surface area contributed by atoms with Crippen LogP contribution in [0.25, 0.3) is 0 Å². The predicted octanol–water partition coefficient (Wildman–Crippen LogP) is 3.89. The zero-order valence-corrected chi connectivity index (χ0v) is 19.2. The Morgan fingerprint density at radius 2 is 1.60 bits per heavy atom. The second-order valence-corrected chi connectivity index (χ2v) is 8.62. The highest BCUT2D eigenvalue weighted by atomic mass is 35.5. The zero-order chi connectivity index (χ0) is 24.5. The van der Waals surface area contributed by atoms with E-state index in [-0.39, 0.29) is 31.4 Å². The molecule has 0 radical (unpaired) electrons.